The summed E-state index contributed by atoms with van der Waals surface area (Å²) in [5, 5.41) is 0.783. The predicted octanol–water partition coefficient (Wildman–Crippen LogP) is 2.49. The van der Waals surface area contributed by atoms with Crippen molar-refractivity contribution in [2.45, 2.75) is 13.3 Å². The van der Waals surface area contributed by atoms with Crippen molar-refractivity contribution in [3.05, 3.63) is 28.8 Å². The summed E-state index contributed by atoms with van der Waals surface area (Å²) < 4.78 is 5.14. The molecule has 1 aromatic carbocycles. The van der Waals surface area contributed by atoms with Crippen molar-refractivity contribution >= 4 is 11.6 Å². The van der Waals surface area contributed by atoms with E-state index in [1.54, 1.807) is 7.11 Å². The lowest BCUT2D eigenvalue weighted by Gasteiger charge is -2.11. The highest BCUT2D eigenvalue weighted by molar-refractivity contribution is 6.31. The van der Waals surface area contributed by atoms with Gasteiger partial charge in [0.1, 0.15) is 5.75 Å². The van der Waals surface area contributed by atoms with E-state index in [-0.39, 0.29) is 0 Å². The minimum atomic E-state index is 0.444. The Balaban J connectivity index is 2.83. The summed E-state index contributed by atoms with van der Waals surface area (Å²) in [7, 11) is 1.65. The van der Waals surface area contributed by atoms with Gasteiger partial charge in [0.05, 0.1) is 7.11 Å². The van der Waals surface area contributed by atoms with Gasteiger partial charge in [0, 0.05) is 5.02 Å². The number of hydrogen-bond acceptors (Lipinski definition) is 2. The summed E-state index contributed by atoms with van der Waals surface area (Å²) in [6.07, 6.45) is 0.895. The van der Waals surface area contributed by atoms with E-state index in [0.717, 1.165) is 22.8 Å². The Morgan fingerprint density at radius 2 is 2.21 bits per heavy atom. The molecule has 0 aliphatic heterocycles. The number of benzene rings is 1. The van der Waals surface area contributed by atoms with Crippen LogP contribution >= 0.6 is 11.6 Å². The van der Waals surface area contributed by atoms with Crippen molar-refractivity contribution in [1.82, 2.24) is 0 Å². The third-order valence-electron chi connectivity index (χ3n) is 2.22. The minimum absolute atomic E-state index is 0.444. The van der Waals surface area contributed by atoms with E-state index >= 15 is 0 Å². The second kappa shape index (κ2) is 5.23. The molecule has 3 heteroatoms. The van der Waals surface area contributed by atoms with Gasteiger partial charge in [0.2, 0.25) is 0 Å². The fraction of sp³-hybridized carbons (Fsp3) is 0.455. The van der Waals surface area contributed by atoms with Crippen LogP contribution < -0.4 is 10.5 Å². The normalized spacial score (nSPS) is 12.6. The quantitative estimate of drug-likeness (QED) is 0.834. The van der Waals surface area contributed by atoms with Crippen LogP contribution in [0.3, 0.4) is 0 Å². The van der Waals surface area contributed by atoms with Crippen molar-refractivity contribution < 1.29 is 4.74 Å². The zero-order valence-electron chi connectivity index (χ0n) is 8.59. The smallest absolute Gasteiger partial charge is 0.119 e. The van der Waals surface area contributed by atoms with Crippen molar-refractivity contribution in [3.8, 4) is 5.75 Å². The maximum atomic E-state index is 6.06. The number of halogens is 1. The molecule has 1 aromatic rings. The van der Waals surface area contributed by atoms with Crippen LogP contribution in [0.15, 0.2) is 18.2 Å². The van der Waals surface area contributed by atoms with Gasteiger partial charge >= 0.3 is 0 Å². The molecule has 0 amide bonds. The second-order valence-corrected chi connectivity index (χ2v) is 3.91. The molecule has 78 valence electrons. The van der Waals surface area contributed by atoms with Gasteiger partial charge in [-0.25, -0.2) is 0 Å². The second-order valence-electron chi connectivity index (χ2n) is 3.50. The molecule has 0 bridgehead atoms. The van der Waals surface area contributed by atoms with Crippen LogP contribution in [-0.4, -0.2) is 13.7 Å². The van der Waals surface area contributed by atoms with Crippen LogP contribution in [0.4, 0.5) is 0 Å². The Labute approximate surface area is 90.0 Å². The standard InChI is InChI=1S/C11H16ClNO/c1-8(7-13)5-9-6-10(14-2)3-4-11(9)12/h3-4,6,8H,5,7,13H2,1-2H3. The summed E-state index contributed by atoms with van der Waals surface area (Å²) in [6.45, 7) is 2.78. The van der Waals surface area contributed by atoms with Gasteiger partial charge in [-0.05, 0) is 42.6 Å². The van der Waals surface area contributed by atoms with Crippen molar-refractivity contribution in [3.63, 3.8) is 0 Å². The summed E-state index contributed by atoms with van der Waals surface area (Å²) >= 11 is 6.06. The van der Waals surface area contributed by atoms with E-state index in [4.69, 9.17) is 22.1 Å². The maximum absolute atomic E-state index is 6.06. The van der Waals surface area contributed by atoms with Crippen LogP contribution in [-0.2, 0) is 6.42 Å². The topological polar surface area (TPSA) is 35.2 Å². The highest BCUT2D eigenvalue weighted by Gasteiger charge is 2.06. The first-order valence-electron chi connectivity index (χ1n) is 4.70. The number of methoxy groups -OCH3 is 1. The Morgan fingerprint density at radius 1 is 1.50 bits per heavy atom. The van der Waals surface area contributed by atoms with E-state index in [2.05, 4.69) is 6.92 Å². The van der Waals surface area contributed by atoms with Crippen LogP contribution in [0.25, 0.3) is 0 Å². The van der Waals surface area contributed by atoms with Gasteiger partial charge in [0.25, 0.3) is 0 Å². The molecule has 0 fully saturated rings. The van der Waals surface area contributed by atoms with Gasteiger partial charge in [-0.15, -0.1) is 0 Å². The third kappa shape index (κ3) is 2.89. The highest BCUT2D eigenvalue weighted by atomic mass is 35.5. The molecule has 0 aliphatic carbocycles. The zero-order valence-corrected chi connectivity index (χ0v) is 9.34. The van der Waals surface area contributed by atoms with Gasteiger partial charge in [0.15, 0.2) is 0 Å². The lowest BCUT2D eigenvalue weighted by atomic mass is 10.0. The summed E-state index contributed by atoms with van der Waals surface area (Å²) in [5.74, 6) is 1.29. The lowest BCUT2D eigenvalue weighted by Crippen LogP contribution is -2.13. The molecular weight excluding hydrogens is 198 g/mol. The Hall–Kier alpha value is -0.730. The van der Waals surface area contributed by atoms with Gasteiger partial charge < -0.3 is 10.5 Å². The first-order chi connectivity index (χ1) is 6.67. The van der Waals surface area contributed by atoms with E-state index in [1.165, 1.54) is 0 Å². The molecule has 0 aliphatic rings. The molecule has 0 aromatic heterocycles. The van der Waals surface area contributed by atoms with Crippen LogP contribution in [0.1, 0.15) is 12.5 Å². The molecule has 2 N–H and O–H groups in total. The Morgan fingerprint density at radius 3 is 2.79 bits per heavy atom. The molecule has 0 saturated heterocycles. The van der Waals surface area contributed by atoms with Crippen LogP contribution in [0.5, 0.6) is 5.75 Å². The van der Waals surface area contributed by atoms with Gasteiger partial charge in [-0.2, -0.15) is 0 Å². The molecule has 0 saturated carbocycles. The molecule has 14 heavy (non-hydrogen) atoms. The van der Waals surface area contributed by atoms with Crippen molar-refractivity contribution in [2.24, 2.45) is 11.7 Å². The summed E-state index contributed by atoms with van der Waals surface area (Å²) in [5.41, 5.74) is 6.67. The predicted molar refractivity (Wildman–Crippen MR) is 59.9 cm³/mol. The first kappa shape index (κ1) is 11.3. The van der Waals surface area contributed by atoms with E-state index in [1.807, 2.05) is 18.2 Å². The van der Waals surface area contributed by atoms with Crippen molar-refractivity contribution in [1.29, 1.82) is 0 Å². The SMILES string of the molecule is COc1ccc(Cl)c(CC(C)CN)c1. The monoisotopic (exact) mass is 213 g/mol. The lowest BCUT2D eigenvalue weighted by molar-refractivity contribution is 0.414. The number of hydrogen-bond donors (Lipinski definition) is 1. The molecule has 1 unspecified atom stereocenters. The zero-order chi connectivity index (χ0) is 10.6. The number of nitrogens with two attached hydrogens (primary N) is 1. The van der Waals surface area contributed by atoms with E-state index in [9.17, 15) is 0 Å². The Kier molecular flexibility index (Phi) is 4.23. The Bertz CT molecular complexity index is 301. The molecule has 0 radical (unpaired) electrons. The van der Waals surface area contributed by atoms with Crippen molar-refractivity contribution in [2.75, 3.05) is 13.7 Å². The number of ether oxygens (including phenoxy) is 1. The molecule has 0 spiro atoms. The highest BCUT2D eigenvalue weighted by Crippen LogP contribution is 2.24. The summed E-state index contributed by atoms with van der Waals surface area (Å²) in [4.78, 5) is 0. The van der Waals surface area contributed by atoms with Gasteiger partial charge in [-0.1, -0.05) is 18.5 Å². The molecule has 2 nitrogen and oxygen atoms in total. The van der Waals surface area contributed by atoms with Crippen LogP contribution in [0, 0.1) is 5.92 Å². The van der Waals surface area contributed by atoms with E-state index < -0.39 is 0 Å². The van der Waals surface area contributed by atoms with Crippen LogP contribution in [0.2, 0.25) is 5.02 Å². The molecule has 1 rings (SSSR count). The molecule has 1 atom stereocenters. The minimum Gasteiger partial charge on any atom is -0.497 e. The average Bonchev–Trinajstić information content (AvgIpc) is 2.21. The van der Waals surface area contributed by atoms with E-state index in [0.29, 0.717) is 12.5 Å². The fourth-order valence-corrected chi connectivity index (χ4v) is 1.49. The fourth-order valence-electron chi connectivity index (χ4n) is 1.29. The average molecular weight is 214 g/mol. The number of rotatable bonds is 4. The maximum Gasteiger partial charge on any atom is 0.119 e. The first-order valence-corrected chi connectivity index (χ1v) is 5.07. The van der Waals surface area contributed by atoms with Gasteiger partial charge in [-0.3, -0.25) is 0 Å². The summed E-state index contributed by atoms with van der Waals surface area (Å²) in [6, 6.07) is 5.69. The third-order valence-corrected chi connectivity index (χ3v) is 2.59. The molecular formula is C11H16ClNO. The largest absolute Gasteiger partial charge is 0.497 e. The molecule has 0 heterocycles.